The van der Waals surface area contributed by atoms with Gasteiger partial charge in [-0.1, -0.05) is 19.9 Å². The van der Waals surface area contributed by atoms with Gasteiger partial charge >= 0.3 is 5.69 Å². The zero-order valence-electron chi connectivity index (χ0n) is 12.7. The second kappa shape index (κ2) is 6.26. The summed E-state index contributed by atoms with van der Waals surface area (Å²) < 4.78 is 1.66. The van der Waals surface area contributed by atoms with E-state index in [4.69, 9.17) is 0 Å². The van der Waals surface area contributed by atoms with Crippen molar-refractivity contribution in [3.8, 4) is 0 Å². The highest BCUT2D eigenvalue weighted by molar-refractivity contribution is 7.10. The van der Waals surface area contributed by atoms with Gasteiger partial charge in [0.1, 0.15) is 5.69 Å². The number of anilines is 1. The summed E-state index contributed by atoms with van der Waals surface area (Å²) in [5.41, 5.74) is 0.511. The Balaban J connectivity index is 2.43. The van der Waals surface area contributed by atoms with Crippen LogP contribution in [-0.4, -0.2) is 14.7 Å². The first kappa shape index (κ1) is 15.5. The van der Waals surface area contributed by atoms with Crippen LogP contribution in [-0.2, 0) is 6.54 Å². The molecule has 114 valence electrons. The summed E-state index contributed by atoms with van der Waals surface area (Å²) in [4.78, 5) is 12.1. The molecule has 0 bridgehead atoms. The topological polar surface area (TPSA) is 73.0 Å². The molecular weight excluding hydrogens is 288 g/mol. The van der Waals surface area contributed by atoms with Gasteiger partial charge in [-0.3, -0.25) is 10.1 Å². The van der Waals surface area contributed by atoms with E-state index in [9.17, 15) is 10.1 Å². The first-order valence-electron chi connectivity index (χ1n) is 6.97. The van der Waals surface area contributed by atoms with Crippen molar-refractivity contribution in [1.82, 2.24) is 9.78 Å². The Bertz CT molecular complexity index is 619. The number of nitrogens with one attached hydrogen (secondary N) is 1. The maximum Gasteiger partial charge on any atom is 0.333 e. The monoisotopic (exact) mass is 308 g/mol. The van der Waals surface area contributed by atoms with Gasteiger partial charge in [-0.15, -0.1) is 11.3 Å². The van der Waals surface area contributed by atoms with Crippen molar-refractivity contribution in [1.29, 1.82) is 0 Å². The summed E-state index contributed by atoms with van der Waals surface area (Å²) in [6, 6.07) is 4.08. The molecule has 0 aliphatic carbocycles. The van der Waals surface area contributed by atoms with E-state index in [0.717, 1.165) is 0 Å². The molecule has 2 aromatic heterocycles. The van der Waals surface area contributed by atoms with Crippen LogP contribution >= 0.6 is 11.3 Å². The molecule has 0 fully saturated rings. The number of aryl methyl sites for hydroxylation is 2. The van der Waals surface area contributed by atoms with Crippen LogP contribution in [0.2, 0.25) is 0 Å². The summed E-state index contributed by atoms with van der Waals surface area (Å²) in [5, 5.41) is 20.9. The second-order valence-electron chi connectivity index (χ2n) is 5.24. The van der Waals surface area contributed by atoms with E-state index < -0.39 is 0 Å². The Morgan fingerprint density at radius 3 is 2.71 bits per heavy atom. The third-order valence-corrected chi connectivity index (χ3v) is 4.34. The zero-order chi connectivity index (χ0) is 15.6. The van der Waals surface area contributed by atoms with Crippen LogP contribution < -0.4 is 5.32 Å². The Hall–Kier alpha value is -1.89. The molecule has 0 spiro atoms. The fourth-order valence-corrected chi connectivity index (χ4v) is 3.29. The van der Waals surface area contributed by atoms with Gasteiger partial charge in [0.05, 0.1) is 11.0 Å². The van der Waals surface area contributed by atoms with Crippen LogP contribution in [0.5, 0.6) is 0 Å². The lowest BCUT2D eigenvalue weighted by Crippen LogP contribution is -2.18. The molecular formula is C14H20N4O2S. The fourth-order valence-electron chi connectivity index (χ4n) is 2.34. The molecule has 2 aromatic rings. The molecule has 2 heterocycles. The fraction of sp³-hybridized carbons (Fsp3) is 0.500. The first-order valence-corrected chi connectivity index (χ1v) is 7.85. The van der Waals surface area contributed by atoms with Crippen molar-refractivity contribution in [2.24, 2.45) is 5.92 Å². The van der Waals surface area contributed by atoms with Crippen molar-refractivity contribution >= 4 is 22.8 Å². The van der Waals surface area contributed by atoms with Crippen LogP contribution in [0, 0.1) is 23.0 Å². The highest BCUT2D eigenvalue weighted by Crippen LogP contribution is 2.35. The molecule has 0 saturated heterocycles. The molecule has 1 unspecified atom stereocenters. The summed E-state index contributed by atoms with van der Waals surface area (Å²) >= 11 is 1.65. The third-order valence-electron chi connectivity index (χ3n) is 3.39. The Morgan fingerprint density at radius 2 is 2.24 bits per heavy atom. The van der Waals surface area contributed by atoms with E-state index in [-0.39, 0.29) is 16.7 Å². The van der Waals surface area contributed by atoms with Gasteiger partial charge in [0.15, 0.2) is 0 Å². The van der Waals surface area contributed by atoms with Gasteiger partial charge in [-0.2, -0.15) is 5.10 Å². The quantitative estimate of drug-likeness (QED) is 0.647. The number of nitro groups is 1. The average Bonchev–Trinajstić information content (AvgIpc) is 3.02. The molecule has 21 heavy (non-hydrogen) atoms. The van der Waals surface area contributed by atoms with Crippen molar-refractivity contribution in [2.45, 2.75) is 40.3 Å². The summed E-state index contributed by atoms with van der Waals surface area (Å²) in [5.74, 6) is 0.802. The molecule has 0 radical (unpaired) electrons. The summed E-state index contributed by atoms with van der Waals surface area (Å²) in [7, 11) is 0. The Kier molecular flexibility index (Phi) is 4.62. The molecule has 1 atom stereocenters. The number of nitrogens with zero attached hydrogens (tertiary/aromatic N) is 3. The van der Waals surface area contributed by atoms with Gasteiger partial charge < -0.3 is 5.32 Å². The van der Waals surface area contributed by atoms with E-state index in [1.807, 2.05) is 24.4 Å². The van der Waals surface area contributed by atoms with E-state index >= 15 is 0 Å². The number of rotatable bonds is 6. The van der Waals surface area contributed by atoms with Gasteiger partial charge in [0, 0.05) is 11.4 Å². The number of aromatic nitrogens is 2. The minimum Gasteiger partial charge on any atom is -0.357 e. The highest BCUT2D eigenvalue weighted by atomic mass is 32.1. The standard InChI is InChI=1S/C14H20N4O2S/c1-5-17-14(13(18(19)20)10(4)16-17)15-12(9(2)3)11-7-6-8-21-11/h6-9,12,15H,5H2,1-4H3. The lowest BCUT2D eigenvalue weighted by Gasteiger charge is -2.22. The van der Waals surface area contributed by atoms with Crippen molar-refractivity contribution in [3.05, 3.63) is 38.2 Å². The third kappa shape index (κ3) is 3.07. The van der Waals surface area contributed by atoms with Crippen LogP contribution in [0.25, 0.3) is 0 Å². The van der Waals surface area contributed by atoms with Crippen molar-refractivity contribution in [2.75, 3.05) is 5.32 Å². The van der Waals surface area contributed by atoms with Crippen molar-refractivity contribution < 1.29 is 4.92 Å². The average molecular weight is 308 g/mol. The Labute approximate surface area is 127 Å². The van der Waals surface area contributed by atoms with Crippen LogP contribution in [0.4, 0.5) is 11.5 Å². The second-order valence-corrected chi connectivity index (χ2v) is 6.22. The van der Waals surface area contributed by atoms with Gasteiger partial charge in [-0.25, -0.2) is 4.68 Å². The molecule has 0 amide bonds. The number of hydrogen-bond acceptors (Lipinski definition) is 5. The molecule has 0 aliphatic rings. The molecule has 0 saturated carbocycles. The van der Waals surface area contributed by atoms with E-state index in [0.29, 0.717) is 24.0 Å². The molecule has 1 N–H and O–H groups in total. The largest absolute Gasteiger partial charge is 0.357 e. The van der Waals surface area contributed by atoms with Gasteiger partial charge in [0.2, 0.25) is 5.82 Å². The van der Waals surface area contributed by atoms with E-state index in [1.165, 1.54) is 4.88 Å². The van der Waals surface area contributed by atoms with E-state index in [1.54, 1.807) is 22.9 Å². The predicted molar refractivity (Wildman–Crippen MR) is 84.8 cm³/mol. The highest BCUT2D eigenvalue weighted by Gasteiger charge is 2.28. The first-order chi connectivity index (χ1) is 9.95. The molecule has 0 aliphatic heterocycles. The molecule has 7 heteroatoms. The lowest BCUT2D eigenvalue weighted by molar-refractivity contribution is -0.384. The zero-order valence-corrected chi connectivity index (χ0v) is 13.5. The molecule has 2 rings (SSSR count). The molecule has 6 nitrogen and oxygen atoms in total. The smallest absolute Gasteiger partial charge is 0.333 e. The number of thiophene rings is 1. The number of hydrogen-bond donors (Lipinski definition) is 1. The lowest BCUT2D eigenvalue weighted by atomic mass is 10.0. The van der Waals surface area contributed by atoms with Gasteiger partial charge in [0.25, 0.3) is 0 Å². The summed E-state index contributed by atoms with van der Waals surface area (Å²) in [6.45, 7) is 8.39. The van der Waals surface area contributed by atoms with E-state index in [2.05, 4.69) is 24.3 Å². The minimum atomic E-state index is -0.358. The van der Waals surface area contributed by atoms with Crippen LogP contribution in [0.1, 0.15) is 37.4 Å². The van der Waals surface area contributed by atoms with Gasteiger partial charge in [-0.05, 0) is 31.2 Å². The van der Waals surface area contributed by atoms with Crippen molar-refractivity contribution in [3.63, 3.8) is 0 Å². The maximum absolute atomic E-state index is 11.3. The minimum absolute atomic E-state index is 0.0325. The predicted octanol–water partition coefficient (Wildman–Crippen LogP) is 3.99. The summed E-state index contributed by atoms with van der Waals surface area (Å²) in [6.07, 6.45) is 0. The maximum atomic E-state index is 11.3. The SMILES string of the molecule is CCn1nc(C)c([N+](=O)[O-])c1NC(c1cccs1)C(C)C. The Morgan fingerprint density at radius 1 is 1.52 bits per heavy atom. The van der Waals surface area contributed by atoms with Crippen LogP contribution in [0.15, 0.2) is 17.5 Å². The normalized spacial score (nSPS) is 12.6. The van der Waals surface area contributed by atoms with Crippen LogP contribution in [0.3, 0.4) is 0 Å². The molecule has 0 aromatic carbocycles.